The summed E-state index contributed by atoms with van der Waals surface area (Å²) in [5, 5.41) is 15.9. The molecule has 2 aromatic rings. The van der Waals surface area contributed by atoms with Crippen molar-refractivity contribution in [1.82, 2.24) is 25.2 Å². The van der Waals surface area contributed by atoms with Crippen LogP contribution in [0, 0.1) is 5.92 Å². The largest absolute Gasteiger partial charge is 0.508 e. The quantitative estimate of drug-likeness (QED) is 0.302. The second-order valence-electron chi connectivity index (χ2n) is 17.3. The fourth-order valence-corrected chi connectivity index (χ4v) is 9.46. The number of halogens is 3. The number of hydrogen-bond acceptors (Lipinski definition) is 10. The van der Waals surface area contributed by atoms with Crippen molar-refractivity contribution in [3.63, 3.8) is 0 Å². The third kappa shape index (κ3) is 7.83. The summed E-state index contributed by atoms with van der Waals surface area (Å²) in [6.45, 7) is 6.09. The number of hydrogen-bond donors (Lipinski definition) is 4. The van der Waals surface area contributed by atoms with E-state index in [4.69, 9.17) is 9.47 Å². The van der Waals surface area contributed by atoms with Crippen LogP contribution in [0.4, 0.5) is 18.0 Å². The van der Waals surface area contributed by atoms with Crippen molar-refractivity contribution in [3.05, 3.63) is 53.8 Å². The van der Waals surface area contributed by atoms with Crippen molar-refractivity contribution in [3.8, 4) is 11.5 Å². The number of aromatic nitrogens is 1. The molecule has 2 fully saturated rings. The zero-order valence-electron chi connectivity index (χ0n) is 32.7. The maximum Gasteiger partial charge on any atom is 0.437 e. The number of sulfonamides is 1. The van der Waals surface area contributed by atoms with E-state index in [-0.39, 0.29) is 54.4 Å². The maximum absolute atomic E-state index is 14.7. The van der Waals surface area contributed by atoms with Crippen LogP contribution in [0.25, 0.3) is 10.9 Å². The summed E-state index contributed by atoms with van der Waals surface area (Å²) < 4.78 is 83.3. The van der Waals surface area contributed by atoms with Crippen LogP contribution in [-0.4, -0.2) is 87.3 Å². The predicted molar refractivity (Wildman–Crippen MR) is 204 cm³/mol. The van der Waals surface area contributed by atoms with Crippen LogP contribution in [0.3, 0.4) is 0 Å². The van der Waals surface area contributed by atoms with E-state index in [1.807, 2.05) is 6.08 Å². The first-order valence-electron chi connectivity index (χ1n) is 19.5. The van der Waals surface area contributed by atoms with Crippen molar-refractivity contribution in [2.75, 3.05) is 6.54 Å². The number of nitrogens with one attached hydrogen (secondary N) is 3. The topological polar surface area (TPSA) is 193 Å². The van der Waals surface area contributed by atoms with Gasteiger partial charge in [0.05, 0.1) is 16.8 Å². The molecule has 1 aromatic heterocycles. The van der Waals surface area contributed by atoms with E-state index in [2.05, 4.69) is 20.3 Å². The number of phenolic OH excluding ortho intramolecular Hbond substituents is 1. The molecule has 0 radical (unpaired) electrons. The lowest BCUT2D eigenvalue weighted by Gasteiger charge is -2.42. The van der Waals surface area contributed by atoms with Crippen molar-refractivity contribution in [2.24, 2.45) is 5.92 Å². The number of carbonyl (C=O) groups is 4. The fourth-order valence-electron chi connectivity index (χ4n) is 8.16. The van der Waals surface area contributed by atoms with Gasteiger partial charge in [-0.15, -0.1) is 0 Å². The Hall–Kier alpha value is -4.87. The van der Waals surface area contributed by atoms with Crippen LogP contribution in [0.15, 0.2) is 42.5 Å². The first kappa shape index (κ1) is 41.3. The Morgan fingerprint density at radius 2 is 1.83 bits per heavy atom. The van der Waals surface area contributed by atoms with Gasteiger partial charge in [-0.2, -0.15) is 13.2 Å². The van der Waals surface area contributed by atoms with E-state index < -0.39 is 90.9 Å². The Labute approximate surface area is 334 Å². The van der Waals surface area contributed by atoms with Gasteiger partial charge in [0, 0.05) is 23.3 Å². The smallest absolute Gasteiger partial charge is 0.437 e. The first-order chi connectivity index (χ1) is 27.1. The highest BCUT2D eigenvalue weighted by molar-refractivity contribution is 7.91. The van der Waals surface area contributed by atoms with Gasteiger partial charge < -0.3 is 30.1 Å². The molecule has 5 aliphatic rings. The van der Waals surface area contributed by atoms with Crippen molar-refractivity contribution >= 4 is 44.7 Å². The predicted octanol–water partition coefficient (Wildman–Crippen LogP) is 5.08. The van der Waals surface area contributed by atoms with Gasteiger partial charge in [-0.3, -0.25) is 19.1 Å². The number of alkyl halides is 3. The Morgan fingerprint density at radius 1 is 1.09 bits per heavy atom. The molecule has 1 aromatic carbocycles. The van der Waals surface area contributed by atoms with Gasteiger partial charge in [0.25, 0.3) is 5.91 Å². The lowest BCUT2D eigenvalue weighted by Crippen LogP contribution is -2.67. The highest BCUT2D eigenvalue weighted by atomic mass is 32.2. The number of rotatable bonds is 4. The van der Waals surface area contributed by atoms with Crippen molar-refractivity contribution in [2.45, 2.75) is 132 Å². The molecule has 0 bridgehead atoms. The van der Waals surface area contributed by atoms with Crippen LogP contribution >= 0.6 is 0 Å². The molecular formula is C40H48F3N5O9S. The van der Waals surface area contributed by atoms with E-state index in [1.165, 1.54) is 31.2 Å². The molecule has 1 saturated carbocycles. The number of carbonyl (C=O) groups excluding carboxylic acids is 4. The molecular weight excluding hydrogens is 784 g/mol. The van der Waals surface area contributed by atoms with E-state index >= 15 is 0 Å². The Balaban J connectivity index is 1.29. The van der Waals surface area contributed by atoms with E-state index in [1.54, 1.807) is 32.9 Å². The summed E-state index contributed by atoms with van der Waals surface area (Å²) in [6.07, 6.45) is 3.64. The number of phenols is 1. The molecule has 1 saturated heterocycles. The van der Waals surface area contributed by atoms with Crippen LogP contribution in [-0.2, 0) is 41.7 Å². The Bertz CT molecular complexity index is 2220. The van der Waals surface area contributed by atoms with Crippen molar-refractivity contribution in [1.29, 1.82) is 0 Å². The highest BCUT2D eigenvalue weighted by Gasteiger charge is 2.58. The standard InChI is InChI=1S/C40H48F3N5O9S/c1-36(2,3)57-35(53)45-28-11-9-7-5-6-8-10-23-14-17-39(23,34(52)47-58(54,55)37(4)18-19-37)46-32(50)29-21-38(22-48(29)33(28)51)16-15-25-26-20-24(49)12-13-27(26)44-31(30(25)56-38)40(41,42)43/h8,10,12-14,17,20,23,28-29,49H,5-7,9,11,15-16,18-19,21-22H2,1-4H3,(H,45,53)(H,46,50)(H,47,52)/b10-8-/t23-,28+,29+,38-,39-/m1/s1. The zero-order chi connectivity index (χ0) is 42.1. The van der Waals surface area contributed by atoms with Crippen LogP contribution < -0.4 is 20.1 Å². The average molecular weight is 832 g/mol. The number of alkyl carbamates (subject to hydrolysis) is 1. The van der Waals surface area contributed by atoms with Crippen molar-refractivity contribution < 1.29 is 55.3 Å². The number of benzene rings is 1. The van der Waals surface area contributed by atoms with Gasteiger partial charge in [0.2, 0.25) is 21.8 Å². The number of allylic oxidation sites excluding steroid dienone is 1. The number of pyridine rings is 1. The number of aromatic hydroxyl groups is 1. The summed E-state index contributed by atoms with van der Waals surface area (Å²) in [7, 11) is -4.15. The third-order valence-electron chi connectivity index (χ3n) is 11.8. The Kier molecular flexibility index (Phi) is 10.3. The highest BCUT2D eigenvalue weighted by Crippen LogP contribution is 2.49. The van der Waals surface area contributed by atoms with Gasteiger partial charge in [-0.1, -0.05) is 37.1 Å². The van der Waals surface area contributed by atoms with Crippen LogP contribution in [0.5, 0.6) is 11.5 Å². The molecule has 5 atom stereocenters. The van der Waals surface area contributed by atoms with Gasteiger partial charge >= 0.3 is 12.3 Å². The molecule has 14 nitrogen and oxygen atoms in total. The van der Waals surface area contributed by atoms with Crippen LogP contribution in [0.2, 0.25) is 0 Å². The van der Waals surface area contributed by atoms with Gasteiger partial charge in [0.1, 0.15) is 34.6 Å². The van der Waals surface area contributed by atoms with Gasteiger partial charge in [0.15, 0.2) is 11.4 Å². The minimum Gasteiger partial charge on any atom is -0.508 e. The zero-order valence-corrected chi connectivity index (χ0v) is 33.5. The average Bonchev–Trinajstić information content (AvgIpc) is 3.78. The molecule has 18 heteroatoms. The number of ether oxygens (including phenoxy) is 2. The third-order valence-corrected chi connectivity index (χ3v) is 13.9. The molecule has 4 N–H and O–H groups in total. The molecule has 0 unspecified atom stereocenters. The lowest BCUT2D eigenvalue weighted by atomic mass is 9.73. The minimum absolute atomic E-state index is 0.00454. The van der Waals surface area contributed by atoms with E-state index in [9.17, 15) is 45.9 Å². The molecule has 4 amide bonds. The summed E-state index contributed by atoms with van der Waals surface area (Å²) >= 11 is 0. The molecule has 2 aliphatic carbocycles. The maximum atomic E-state index is 14.7. The number of aryl methyl sites for hydroxylation is 1. The molecule has 3 aliphatic heterocycles. The summed E-state index contributed by atoms with van der Waals surface area (Å²) in [4.78, 5) is 61.6. The molecule has 58 heavy (non-hydrogen) atoms. The monoisotopic (exact) mass is 831 g/mol. The fraction of sp³-hybridized carbons (Fsp3) is 0.575. The second kappa shape index (κ2) is 14.4. The van der Waals surface area contributed by atoms with Gasteiger partial charge in [-0.25, -0.2) is 18.2 Å². The second-order valence-corrected chi connectivity index (χ2v) is 19.5. The minimum atomic E-state index is -4.97. The first-order valence-corrected chi connectivity index (χ1v) is 21.0. The lowest BCUT2D eigenvalue weighted by molar-refractivity contribution is -0.144. The normalized spacial score (nSPS) is 29.0. The number of nitrogens with zero attached hydrogens (tertiary/aromatic N) is 2. The molecule has 1 spiro atoms. The summed E-state index contributed by atoms with van der Waals surface area (Å²) in [5.74, 6) is -4.14. The van der Waals surface area contributed by atoms with Gasteiger partial charge in [-0.05, 0) is 90.8 Å². The van der Waals surface area contributed by atoms with E-state index in [0.29, 0.717) is 38.5 Å². The molecule has 7 rings (SSSR count). The number of amides is 4. The summed E-state index contributed by atoms with van der Waals surface area (Å²) in [6, 6.07) is 1.14. The summed E-state index contributed by atoms with van der Waals surface area (Å²) in [5.41, 5.74) is -5.54. The van der Waals surface area contributed by atoms with E-state index in [0.717, 1.165) is 4.90 Å². The van der Waals surface area contributed by atoms with Crippen LogP contribution in [0.1, 0.15) is 96.7 Å². The number of fused-ring (bicyclic) bond motifs is 5. The SMILES string of the molecule is CC(C)(C)OC(=O)N[C@H]1CCCCC/C=C\[C@@H]2C=C[C@@]2(C(=O)NS(=O)(=O)C2(C)CC2)NC(=O)[C@@H]2C[C@]3(CCc4c(c(C(F)(F)F)nc5ccc(O)cc45)O3)CN2C1=O. The Morgan fingerprint density at radius 3 is 2.48 bits per heavy atom. The molecule has 314 valence electrons. The molecule has 4 heterocycles.